The van der Waals surface area contributed by atoms with Crippen molar-refractivity contribution in [2.45, 2.75) is 51.5 Å². The number of hydrogen-bond acceptors (Lipinski definition) is 3. The summed E-state index contributed by atoms with van der Waals surface area (Å²) in [5.41, 5.74) is 5.36. The molecule has 1 aliphatic rings. The van der Waals surface area contributed by atoms with Gasteiger partial charge in [-0.2, -0.15) is 0 Å². The first kappa shape index (κ1) is 18.5. The SMILES string of the molecule is COc1cc2c(cc1OC)[C@H](CCC(C)=NCc1ccccc1)CCC2. The van der Waals surface area contributed by atoms with Crippen molar-refractivity contribution in [2.75, 3.05) is 14.2 Å². The van der Waals surface area contributed by atoms with Crippen molar-refractivity contribution in [3.05, 3.63) is 59.2 Å². The molecule has 0 bridgehead atoms. The predicted molar refractivity (Wildman–Crippen MR) is 108 cm³/mol. The van der Waals surface area contributed by atoms with Gasteiger partial charge in [-0.3, -0.25) is 4.99 Å². The summed E-state index contributed by atoms with van der Waals surface area (Å²) in [4.78, 5) is 4.77. The van der Waals surface area contributed by atoms with Crippen LogP contribution in [0.15, 0.2) is 47.5 Å². The molecule has 0 N–H and O–H groups in total. The number of hydrogen-bond donors (Lipinski definition) is 0. The highest BCUT2D eigenvalue weighted by atomic mass is 16.5. The van der Waals surface area contributed by atoms with Crippen LogP contribution in [0.4, 0.5) is 0 Å². The molecule has 0 fully saturated rings. The molecule has 2 aromatic rings. The third-order valence-electron chi connectivity index (χ3n) is 5.31. The second-order valence-electron chi connectivity index (χ2n) is 7.07. The third-order valence-corrected chi connectivity index (χ3v) is 5.31. The number of benzene rings is 2. The molecule has 1 aliphatic carbocycles. The van der Waals surface area contributed by atoms with Gasteiger partial charge in [-0.15, -0.1) is 0 Å². The molecule has 0 unspecified atom stereocenters. The summed E-state index contributed by atoms with van der Waals surface area (Å²) < 4.78 is 11.0. The van der Waals surface area contributed by atoms with Crippen LogP contribution in [-0.4, -0.2) is 19.9 Å². The van der Waals surface area contributed by atoms with E-state index in [1.807, 2.05) is 6.07 Å². The minimum Gasteiger partial charge on any atom is -0.493 e. The van der Waals surface area contributed by atoms with Crippen molar-refractivity contribution in [2.24, 2.45) is 4.99 Å². The number of aliphatic imine (C=N–C) groups is 1. The van der Waals surface area contributed by atoms with Gasteiger partial charge in [0, 0.05) is 5.71 Å². The van der Waals surface area contributed by atoms with Crippen molar-refractivity contribution in [3.63, 3.8) is 0 Å². The number of fused-ring (bicyclic) bond motifs is 1. The van der Waals surface area contributed by atoms with Gasteiger partial charge in [0.1, 0.15) is 0 Å². The molecular formula is C23H29NO2. The zero-order chi connectivity index (χ0) is 18.4. The first-order valence-electron chi connectivity index (χ1n) is 9.50. The maximum Gasteiger partial charge on any atom is 0.161 e. The van der Waals surface area contributed by atoms with E-state index in [1.54, 1.807) is 14.2 Å². The van der Waals surface area contributed by atoms with Gasteiger partial charge >= 0.3 is 0 Å². The fraction of sp³-hybridized carbons (Fsp3) is 0.435. The van der Waals surface area contributed by atoms with Gasteiger partial charge in [-0.25, -0.2) is 0 Å². The fourth-order valence-electron chi connectivity index (χ4n) is 3.80. The molecule has 0 saturated heterocycles. The lowest BCUT2D eigenvalue weighted by Crippen LogP contribution is -2.12. The quantitative estimate of drug-likeness (QED) is 0.611. The zero-order valence-corrected chi connectivity index (χ0v) is 16.1. The van der Waals surface area contributed by atoms with E-state index in [4.69, 9.17) is 14.5 Å². The predicted octanol–water partition coefficient (Wildman–Crippen LogP) is 5.57. The topological polar surface area (TPSA) is 30.8 Å². The highest BCUT2D eigenvalue weighted by molar-refractivity contribution is 5.81. The average molecular weight is 351 g/mol. The molecular weight excluding hydrogens is 322 g/mol. The standard InChI is InChI=1S/C23H29NO2/c1-17(24-16-18-8-5-4-6-9-18)12-13-19-10-7-11-20-14-22(25-2)23(26-3)15-21(19)20/h4-6,8-9,14-15,19H,7,10-13,16H2,1-3H3/t19-/m0/s1. The molecule has 0 aliphatic heterocycles. The minimum atomic E-state index is 0.584. The second kappa shape index (κ2) is 8.88. The first-order valence-corrected chi connectivity index (χ1v) is 9.50. The number of ether oxygens (including phenoxy) is 2. The van der Waals surface area contributed by atoms with E-state index in [1.165, 1.54) is 35.2 Å². The van der Waals surface area contributed by atoms with Gasteiger partial charge in [0.15, 0.2) is 11.5 Å². The zero-order valence-electron chi connectivity index (χ0n) is 16.1. The second-order valence-corrected chi connectivity index (χ2v) is 7.07. The molecule has 0 aromatic heterocycles. The Kier molecular flexibility index (Phi) is 6.32. The molecule has 0 saturated carbocycles. The van der Waals surface area contributed by atoms with Crippen molar-refractivity contribution in [1.29, 1.82) is 0 Å². The van der Waals surface area contributed by atoms with E-state index < -0.39 is 0 Å². The lowest BCUT2D eigenvalue weighted by molar-refractivity contribution is 0.352. The van der Waals surface area contributed by atoms with Crippen molar-refractivity contribution >= 4 is 5.71 Å². The van der Waals surface area contributed by atoms with Crippen molar-refractivity contribution < 1.29 is 9.47 Å². The van der Waals surface area contributed by atoms with E-state index >= 15 is 0 Å². The highest BCUT2D eigenvalue weighted by Crippen LogP contribution is 2.40. The Morgan fingerprint density at radius 1 is 1.08 bits per heavy atom. The Bertz CT molecular complexity index is 752. The van der Waals surface area contributed by atoms with E-state index in [9.17, 15) is 0 Å². The summed E-state index contributed by atoms with van der Waals surface area (Å²) in [6.45, 7) is 2.93. The van der Waals surface area contributed by atoms with Crippen molar-refractivity contribution in [1.82, 2.24) is 0 Å². The maximum atomic E-state index is 5.52. The molecule has 1 atom stereocenters. The van der Waals surface area contributed by atoms with Gasteiger partial charge in [0.25, 0.3) is 0 Å². The van der Waals surface area contributed by atoms with Crippen LogP contribution in [-0.2, 0) is 13.0 Å². The van der Waals surface area contributed by atoms with Crippen LogP contribution in [0.25, 0.3) is 0 Å². The summed E-state index contributed by atoms with van der Waals surface area (Å²) >= 11 is 0. The number of aryl methyl sites for hydroxylation is 1. The van der Waals surface area contributed by atoms with Crippen LogP contribution in [0.2, 0.25) is 0 Å². The van der Waals surface area contributed by atoms with E-state index in [2.05, 4.69) is 43.3 Å². The van der Waals surface area contributed by atoms with Crippen LogP contribution in [0.1, 0.15) is 55.2 Å². The third kappa shape index (κ3) is 4.46. The molecule has 138 valence electrons. The molecule has 3 nitrogen and oxygen atoms in total. The monoisotopic (exact) mass is 351 g/mol. The van der Waals surface area contributed by atoms with Crippen LogP contribution < -0.4 is 9.47 Å². The Hall–Kier alpha value is -2.29. The Morgan fingerprint density at radius 3 is 2.54 bits per heavy atom. The smallest absolute Gasteiger partial charge is 0.161 e. The van der Waals surface area contributed by atoms with E-state index in [-0.39, 0.29) is 0 Å². The van der Waals surface area contributed by atoms with Gasteiger partial charge < -0.3 is 9.47 Å². The summed E-state index contributed by atoms with van der Waals surface area (Å²) in [6, 6.07) is 14.8. The molecule has 0 amide bonds. The molecule has 2 aromatic carbocycles. The molecule has 0 radical (unpaired) electrons. The molecule has 0 spiro atoms. The lowest BCUT2D eigenvalue weighted by atomic mass is 9.80. The Labute approximate surface area is 157 Å². The normalized spacial score (nSPS) is 16.9. The van der Waals surface area contributed by atoms with Gasteiger partial charge in [-0.05, 0) is 73.8 Å². The molecule has 26 heavy (non-hydrogen) atoms. The number of methoxy groups -OCH3 is 2. The average Bonchev–Trinajstić information content (AvgIpc) is 2.70. The largest absolute Gasteiger partial charge is 0.493 e. The van der Waals surface area contributed by atoms with E-state index in [0.717, 1.165) is 37.3 Å². The summed E-state index contributed by atoms with van der Waals surface area (Å²) in [6.07, 6.45) is 5.81. The summed E-state index contributed by atoms with van der Waals surface area (Å²) in [5.74, 6) is 2.26. The van der Waals surface area contributed by atoms with Crippen molar-refractivity contribution in [3.8, 4) is 11.5 Å². The van der Waals surface area contributed by atoms with Crippen LogP contribution in [0, 0.1) is 0 Å². The van der Waals surface area contributed by atoms with Crippen LogP contribution in [0.5, 0.6) is 11.5 Å². The van der Waals surface area contributed by atoms with Gasteiger partial charge in [0.2, 0.25) is 0 Å². The summed E-state index contributed by atoms with van der Waals surface area (Å²) in [7, 11) is 3.42. The number of nitrogens with zero attached hydrogens (tertiary/aromatic N) is 1. The van der Waals surface area contributed by atoms with E-state index in [0.29, 0.717) is 5.92 Å². The molecule has 3 heteroatoms. The Balaban J connectivity index is 1.66. The van der Waals surface area contributed by atoms with Gasteiger partial charge in [-0.1, -0.05) is 30.3 Å². The first-order chi connectivity index (χ1) is 12.7. The lowest BCUT2D eigenvalue weighted by Gasteiger charge is -2.27. The molecule has 3 rings (SSSR count). The molecule has 0 heterocycles. The summed E-state index contributed by atoms with van der Waals surface area (Å²) in [5, 5.41) is 0. The minimum absolute atomic E-state index is 0.584. The van der Waals surface area contributed by atoms with Gasteiger partial charge in [0.05, 0.1) is 20.8 Å². The number of rotatable bonds is 7. The Morgan fingerprint density at radius 2 is 1.81 bits per heavy atom. The van der Waals surface area contributed by atoms with Crippen LogP contribution >= 0.6 is 0 Å². The highest BCUT2D eigenvalue weighted by Gasteiger charge is 2.22. The maximum absolute atomic E-state index is 5.52. The van der Waals surface area contributed by atoms with Crippen LogP contribution in [0.3, 0.4) is 0 Å². The fourth-order valence-corrected chi connectivity index (χ4v) is 3.80.